The summed E-state index contributed by atoms with van der Waals surface area (Å²) in [6.07, 6.45) is -0.141. The second-order valence-electron chi connectivity index (χ2n) is 5.84. The zero-order valence-corrected chi connectivity index (χ0v) is 14.4. The van der Waals surface area contributed by atoms with Crippen molar-refractivity contribution in [3.05, 3.63) is 76.0 Å². The molecule has 0 aliphatic heterocycles. The number of hydrogen-bond acceptors (Lipinski definition) is 6. The molecule has 0 radical (unpaired) electrons. The molecule has 6 heteroatoms. The Morgan fingerprint density at radius 1 is 1.15 bits per heavy atom. The van der Waals surface area contributed by atoms with Gasteiger partial charge in [-0.15, -0.1) is 0 Å². The van der Waals surface area contributed by atoms with Gasteiger partial charge < -0.3 is 18.7 Å². The van der Waals surface area contributed by atoms with Crippen LogP contribution in [0.15, 0.2) is 62.2 Å². The van der Waals surface area contributed by atoms with Crippen molar-refractivity contribution in [1.29, 1.82) is 0 Å². The van der Waals surface area contributed by atoms with E-state index < -0.39 is 23.1 Å². The van der Waals surface area contributed by atoms with E-state index in [0.29, 0.717) is 17.3 Å². The van der Waals surface area contributed by atoms with Crippen molar-refractivity contribution in [2.45, 2.75) is 19.3 Å². The Kier molecular flexibility index (Phi) is 4.93. The molecule has 0 saturated carbocycles. The Labute approximate surface area is 149 Å². The van der Waals surface area contributed by atoms with Crippen LogP contribution in [0.2, 0.25) is 0 Å². The first kappa shape index (κ1) is 17.5. The summed E-state index contributed by atoms with van der Waals surface area (Å²) in [5.74, 6) is -0.545. The van der Waals surface area contributed by atoms with Gasteiger partial charge in [-0.25, -0.2) is 0 Å². The number of aryl methyl sites for hydroxylation is 1. The van der Waals surface area contributed by atoms with Gasteiger partial charge >= 0.3 is 5.97 Å². The highest BCUT2D eigenvalue weighted by atomic mass is 16.5. The van der Waals surface area contributed by atoms with Crippen LogP contribution >= 0.6 is 0 Å². The van der Waals surface area contributed by atoms with Gasteiger partial charge in [0.25, 0.3) is 0 Å². The van der Waals surface area contributed by atoms with Crippen LogP contribution in [0, 0.1) is 6.92 Å². The monoisotopic (exact) mass is 354 g/mol. The molecule has 6 nitrogen and oxygen atoms in total. The predicted molar refractivity (Wildman–Crippen MR) is 94.0 cm³/mol. The molecular weight excluding hydrogens is 336 g/mol. The van der Waals surface area contributed by atoms with Crippen molar-refractivity contribution >= 4 is 5.97 Å². The van der Waals surface area contributed by atoms with Crippen LogP contribution in [-0.2, 0) is 9.53 Å². The summed E-state index contributed by atoms with van der Waals surface area (Å²) in [7, 11) is 1.27. The topological polar surface area (TPSA) is 89.9 Å². The number of esters is 1. The van der Waals surface area contributed by atoms with Crippen molar-refractivity contribution < 1.29 is 23.5 Å². The first-order valence-corrected chi connectivity index (χ1v) is 8.05. The van der Waals surface area contributed by atoms with E-state index in [9.17, 15) is 14.7 Å². The minimum Gasteiger partial charge on any atom is -0.502 e. The van der Waals surface area contributed by atoms with Crippen LogP contribution in [0.1, 0.15) is 29.6 Å². The van der Waals surface area contributed by atoms with Gasteiger partial charge in [-0.05, 0) is 19.1 Å². The Morgan fingerprint density at radius 3 is 2.58 bits per heavy atom. The van der Waals surface area contributed by atoms with Gasteiger partial charge in [-0.3, -0.25) is 9.59 Å². The second kappa shape index (κ2) is 7.31. The molecule has 0 fully saturated rings. The van der Waals surface area contributed by atoms with E-state index >= 15 is 0 Å². The zero-order chi connectivity index (χ0) is 18.7. The van der Waals surface area contributed by atoms with Gasteiger partial charge in [0, 0.05) is 11.6 Å². The first-order valence-electron chi connectivity index (χ1n) is 8.05. The minimum absolute atomic E-state index is 0.0191. The average Bonchev–Trinajstić information content (AvgIpc) is 3.13. The summed E-state index contributed by atoms with van der Waals surface area (Å²) in [6.45, 7) is 1.59. The number of aromatic hydroxyl groups is 1. The standard InChI is InChI=1S/C20H18O6/c1-12-10-15(21)19(23)20(25-12)14(11-18(22)24-2)17-9-8-16(26-17)13-6-4-3-5-7-13/h3-10,14,23H,11H2,1-2H3/t14-/m0/s1. The molecule has 2 aromatic heterocycles. The van der Waals surface area contributed by atoms with Gasteiger partial charge in [0.1, 0.15) is 17.3 Å². The predicted octanol–water partition coefficient (Wildman–Crippen LogP) is 3.61. The van der Waals surface area contributed by atoms with E-state index in [2.05, 4.69) is 0 Å². The maximum atomic E-state index is 11.9. The van der Waals surface area contributed by atoms with Crippen molar-refractivity contribution in [2.24, 2.45) is 0 Å². The van der Waals surface area contributed by atoms with Crippen LogP contribution in [0.25, 0.3) is 11.3 Å². The number of carbonyl (C=O) groups is 1. The van der Waals surface area contributed by atoms with Crippen molar-refractivity contribution in [1.82, 2.24) is 0 Å². The molecule has 1 atom stereocenters. The Morgan fingerprint density at radius 2 is 1.88 bits per heavy atom. The molecule has 0 aliphatic rings. The maximum absolute atomic E-state index is 11.9. The summed E-state index contributed by atoms with van der Waals surface area (Å²) in [4.78, 5) is 23.8. The van der Waals surface area contributed by atoms with Crippen LogP contribution < -0.4 is 5.43 Å². The lowest BCUT2D eigenvalue weighted by Gasteiger charge is -2.14. The summed E-state index contributed by atoms with van der Waals surface area (Å²) in [6, 6.07) is 14.1. The number of furan rings is 1. The lowest BCUT2D eigenvalue weighted by molar-refractivity contribution is -0.141. The molecule has 0 saturated heterocycles. The van der Waals surface area contributed by atoms with Crippen LogP contribution in [0.5, 0.6) is 5.75 Å². The molecule has 134 valence electrons. The lowest BCUT2D eigenvalue weighted by atomic mass is 9.98. The Hall–Kier alpha value is -3.28. The smallest absolute Gasteiger partial charge is 0.306 e. The molecule has 3 aromatic rings. The summed E-state index contributed by atoms with van der Waals surface area (Å²) in [5.41, 5.74) is 0.291. The van der Waals surface area contributed by atoms with Gasteiger partial charge in [-0.1, -0.05) is 30.3 Å². The summed E-state index contributed by atoms with van der Waals surface area (Å²) in [5, 5.41) is 10.2. The molecule has 3 rings (SSSR count). The summed E-state index contributed by atoms with van der Waals surface area (Å²) >= 11 is 0. The van der Waals surface area contributed by atoms with E-state index in [1.807, 2.05) is 30.3 Å². The third-order valence-electron chi connectivity index (χ3n) is 4.02. The fourth-order valence-electron chi connectivity index (χ4n) is 2.73. The fourth-order valence-corrected chi connectivity index (χ4v) is 2.73. The van der Waals surface area contributed by atoms with E-state index in [4.69, 9.17) is 13.6 Å². The Bertz CT molecular complexity index is 967. The van der Waals surface area contributed by atoms with E-state index in [1.165, 1.54) is 13.2 Å². The van der Waals surface area contributed by atoms with Gasteiger partial charge in [0.15, 0.2) is 5.76 Å². The molecule has 0 amide bonds. The van der Waals surface area contributed by atoms with E-state index in [0.717, 1.165) is 5.56 Å². The highest BCUT2D eigenvalue weighted by molar-refractivity contribution is 5.71. The quantitative estimate of drug-likeness (QED) is 0.704. The third-order valence-corrected chi connectivity index (χ3v) is 4.02. The van der Waals surface area contributed by atoms with Gasteiger partial charge in [0.05, 0.1) is 19.4 Å². The highest BCUT2D eigenvalue weighted by Gasteiger charge is 2.29. The molecule has 0 spiro atoms. The first-order chi connectivity index (χ1) is 12.5. The highest BCUT2D eigenvalue weighted by Crippen LogP contribution is 2.36. The number of methoxy groups -OCH3 is 1. The lowest BCUT2D eigenvalue weighted by Crippen LogP contribution is -2.13. The third kappa shape index (κ3) is 3.54. The summed E-state index contributed by atoms with van der Waals surface area (Å²) < 4.78 is 16.2. The average molecular weight is 354 g/mol. The molecule has 0 unspecified atom stereocenters. The zero-order valence-electron chi connectivity index (χ0n) is 14.4. The number of carbonyl (C=O) groups excluding carboxylic acids is 1. The number of rotatable bonds is 5. The molecule has 1 N–H and O–H groups in total. The minimum atomic E-state index is -0.785. The molecular formula is C20H18O6. The molecule has 0 bridgehead atoms. The number of ether oxygens (including phenoxy) is 1. The number of benzene rings is 1. The van der Waals surface area contributed by atoms with Crippen LogP contribution in [0.3, 0.4) is 0 Å². The molecule has 2 heterocycles. The Balaban J connectivity index is 2.07. The largest absolute Gasteiger partial charge is 0.502 e. The number of hydrogen-bond donors (Lipinski definition) is 1. The van der Waals surface area contributed by atoms with E-state index in [-0.39, 0.29) is 12.2 Å². The van der Waals surface area contributed by atoms with Crippen LogP contribution in [0.4, 0.5) is 0 Å². The molecule has 0 aliphatic carbocycles. The van der Waals surface area contributed by atoms with Crippen molar-refractivity contribution in [3.8, 4) is 17.1 Å². The molecule has 1 aromatic carbocycles. The van der Waals surface area contributed by atoms with Crippen molar-refractivity contribution in [3.63, 3.8) is 0 Å². The molecule has 26 heavy (non-hydrogen) atoms. The van der Waals surface area contributed by atoms with E-state index in [1.54, 1.807) is 19.1 Å². The SMILES string of the molecule is COC(=O)C[C@@H](c1ccc(-c2ccccc2)o1)c1oc(C)cc(=O)c1O. The van der Waals surface area contributed by atoms with Gasteiger partial charge in [0.2, 0.25) is 11.2 Å². The second-order valence-corrected chi connectivity index (χ2v) is 5.84. The van der Waals surface area contributed by atoms with Crippen LogP contribution in [-0.4, -0.2) is 18.2 Å². The maximum Gasteiger partial charge on any atom is 0.306 e. The van der Waals surface area contributed by atoms with Gasteiger partial charge in [-0.2, -0.15) is 0 Å². The fraction of sp³-hybridized carbons (Fsp3) is 0.200. The van der Waals surface area contributed by atoms with Crippen molar-refractivity contribution in [2.75, 3.05) is 7.11 Å². The normalized spacial score (nSPS) is 11.9.